The van der Waals surface area contributed by atoms with Crippen molar-refractivity contribution >= 4 is 11.6 Å². The SMILES string of the molecule is COc1c(O)c(CC(C)(C)N)cc(Cl)c1F. The van der Waals surface area contributed by atoms with Crippen LogP contribution in [0.1, 0.15) is 19.4 Å². The summed E-state index contributed by atoms with van der Waals surface area (Å²) >= 11 is 5.69. The molecule has 0 saturated heterocycles. The van der Waals surface area contributed by atoms with Crippen molar-refractivity contribution in [2.75, 3.05) is 7.11 Å². The Hall–Kier alpha value is -1.00. The molecule has 0 aliphatic heterocycles. The minimum atomic E-state index is -0.764. The second kappa shape index (κ2) is 4.47. The minimum Gasteiger partial charge on any atom is -0.504 e. The summed E-state index contributed by atoms with van der Waals surface area (Å²) in [5.74, 6) is -1.25. The van der Waals surface area contributed by atoms with Crippen molar-refractivity contribution in [1.82, 2.24) is 0 Å². The molecule has 0 aliphatic carbocycles. The van der Waals surface area contributed by atoms with Gasteiger partial charge in [0, 0.05) is 11.1 Å². The predicted molar refractivity (Wildman–Crippen MR) is 61.6 cm³/mol. The highest BCUT2D eigenvalue weighted by atomic mass is 35.5. The van der Waals surface area contributed by atoms with Gasteiger partial charge in [-0.15, -0.1) is 0 Å². The van der Waals surface area contributed by atoms with E-state index in [1.54, 1.807) is 13.8 Å². The van der Waals surface area contributed by atoms with Gasteiger partial charge in [0.2, 0.25) is 0 Å². The molecule has 0 unspecified atom stereocenters. The third-order valence-corrected chi connectivity index (χ3v) is 2.35. The maximum Gasteiger partial charge on any atom is 0.198 e. The lowest BCUT2D eigenvalue weighted by molar-refractivity contribution is 0.346. The molecule has 16 heavy (non-hydrogen) atoms. The molecule has 1 aromatic rings. The van der Waals surface area contributed by atoms with E-state index in [2.05, 4.69) is 0 Å². The minimum absolute atomic E-state index is 0.0890. The van der Waals surface area contributed by atoms with E-state index in [0.717, 1.165) is 0 Å². The van der Waals surface area contributed by atoms with E-state index in [9.17, 15) is 9.50 Å². The molecule has 0 spiro atoms. The van der Waals surface area contributed by atoms with Crippen LogP contribution in [0, 0.1) is 5.82 Å². The second-order valence-electron chi connectivity index (χ2n) is 4.38. The Morgan fingerprint density at radius 1 is 1.56 bits per heavy atom. The Morgan fingerprint density at radius 3 is 2.56 bits per heavy atom. The summed E-state index contributed by atoms with van der Waals surface area (Å²) in [7, 11) is 1.27. The van der Waals surface area contributed by atoms with Gasteiger partial charge in [-0.05, 0) is 26.3 Å². The highest BCUT2D eigenvalue weighted by Gasteiger charge is 2.21. The quantitative estimate of drug-likeness (QED) is 0.863. The standard InChI is InChI=1S/C11H15ClFNO2/c1-11(2,14)5-6-4-7(12)8(13)10(16-3)9(6)15/h4,15H,5,14H2,1-3H3. The molecule has 5 heteroatoms. The molecular formula is C11H15ClFNO2. The van der Waals surface area contributed by atoms with Crippen molar-refractivity contribution in [3.8, 4) is 11.5 Å². The van der Waals surface area contributed by atoms with Gasteiger partial charge >= 0.3 is 0 Å². The second-order valence-corrected chi connectivity index (χ2v) is 4.79. The highest BCUT2D eigenvalue weighted by molar-refractivity contribution is 6.31. The van der Waals surface area contributed by atoms with E-state index in [4.69, 9.17) is 22.1 Å². The number of benzene rings is 1. The van der Waals surface area contributed by atoms with Crippen molar-refractivity contribution < 1.29 is 14.2 Å². The molecule has 0 atom stereocenters. The molecule has 1 aromatic carbocycles. The summed E-state index contributed by atoms with van der Waals surface area (Å²) in [4.78, 5) is 0. The Bertz CT molecular complexity index is 402. The van der Waals surface area contributed by atoms with Crippen molar-refractivity contribution in [1.29, 1.82) is 0 Å². The summed E-state index contributed by atoms with van der Waals surface area (Å²) < 4.78 is 18.2. The zero-order chi connectivity index (χ0) is 12.5. The van der Waals surface area contributed by atoms with Crippen LogP contribution in [0.5, 0.6) is 11.5 Å². The first-order valence-electron chi connectivity index (χ1n) is 4.79. The fraction of sp³-hybridized carbons (Fsp3) is 0.455. The summed E-state index contributed by atoms with van der Waals surface area (Å²) in [5, 5.41) is 9.69. The van der Waals surface area contributed by atoms with Gasteiger partial charge in [-0.3, -0.25) is 0 Å². The van der Waals surface area contributed by atoms with Gasteiger partial charge in [-0.1, -0.05) is 11.6 Å². The van der Waals surface area contributed by atoms with Crippen molar-refractivity contribution in [3.63, 3.8) is 0 Å². The average Bonchev–Trinajstić information content (AvgIpc) is 2.13. The Kier molecular flexibility index (Phi) is 3.65. The number of hydrogen-bond donors (Lipinski definition) is 2. The third kappa shape index (κ3) is 2.77. The van der Waals surface area contributed by atoms with Crippen LogP contribution in [-0.4, -0.2) is 17.8 Å². The predicted octanol–water partition coefficient (Wildman–Crippen LogP) is 2.47. The van der Waals surface area contributed by atoms with E-state index in [-0.39, 0.29) is 16.5 Å². The maximum atomic E-state index is 13.4. The lowest BCUT2D eigenvalue weighted by Crippen LogP contribution is -2.34. The van der Waals surface area contributed by atoms with Gasteiger partial charge in [0.15, 0.2) is 17.3 Å². The van der Waals surface area contributed by atoms with Gasteiger partial charge in [0.1, 0.15) is 0 Å². The van der Waals surface area contributed by atoms with Gasteiger partial charge in [-0.25, -0.2) is 4.39 Å². The number of rotatable bonds is 3. The van der Waals surface area contributed by atoms with E-state index in [0.29, 0.717) is 12.0 Å². The van der Waals surface area contributed by atoms with Crippen LogP contribution in [0.2, 0.25) is 5.02 Å². The fourth-order valence-electron chi connectivity index (χ4n) is 1.45. The van der Waals surface area contributed by atoms with Crippen LogP contribution < -0.4 is 10.5 Å². The van der Waals surface area contributed by atoms with Crippen LogP contribution in [0.25, 0.3) is 0 Å². The summed E-state index contributed by atoms with van der Waals surface area (Å²) in [6, 6.07) is 1.36. The van der Waals surface area contributed by atoms with Crippen molar-refractivity contribution in [2.24, 2.45) is 5.73 Å². The van der Waals surface area contributed by atoms with Crippen LogP contribution in [-0.2, 0) is 6.42 Å². The zero-order valence-electron chi connectivity index (χ0n) is 9.47. The number of hydrogen-bond acceptors (Lipinski definition) is 3. The molecular weight excluding hydrogens is 233 g/mol. The fourth-order valence-corrected chi connectivity index (χ4v) is 1.67. The first-order valence-corrected chi connectivity index (χ1v) is 5.17. The monoisotopic (exact) mass is 247 g/mol. The smallest absolute Gasteiger partial charge is 0.198 e. The Labute approximate surface area is 99.0 Å². The molecule has 0 aliphatic rings. The van der Waals surface area contributed by atoms with Crippen molar-refractivity contribution in [2.45, 2.75) is 25.8 Å². The molecule has 3 nitrogen and oxygen atoms in total. The number of phenolic OH excluding ortho intramolecular Hbond substituents is 1. The van der Waals surface area contributed by atoms with Crippen LogP contribution >= 0.6 is 11.6 Å². The molecule has 0 aromatic heterocycles. The Balaban J connectivity index is 3.26. The Morgan fingerprint density at radius 2 is 2.12 bits per heavy atom. The largest absolute Gasteiger partial charge is 0.504 e. The summed E-state index contributed by atoms with van der Waals surface area (Å²) in [6.07, 6.45) is 0.370. The summed E-state index contributed by atoms with van der Waals surface area (Å²) in [5.41, 5.74) is 5.77. The third-order valence-electron chi connectivity index (χ3n) is 2.08. The van der Waals surface area contributed by atoms with E-state index in [1.807, 2.05) is 0 Å². The maximum absolute atomic E-state index is 13.4. The number of nitrogens with two attached hydrogens (primary N) is 1. The highest BCUT2D eigenvalue weighted by Crippen LogP contribution is 2.38. The van der Waals surface area contributed by atoms with Gasteiger partial charge in [-0.2, -0.15) is 0 Å². The molecule has 0 fully saturated rings. The molecule has 3 N–H and O–H groups in total. The summed E-state index contributed by atoms with van der Waals surface area (Å²) in [6.45, 7) is 3.60. The van der Waals surface area contributed by atoms with Crippen LogP contribution in [0.3, 0.4) is 0 Å². The first-order chi connectivity index (χ1) is 7.26. The van der Waals surface area contributed by atoms with E-state index >= 15 is 0 Å². The molecule has 0 heterocycles. The van der Waals surface area contributed by atoms with Gasteiger partial charge < -0.3 is 15.6 Å². The number of ether oxygens (including phenoxy) is 1. The van der Waals surface area contributed by atoms with Crippen LogP contribution in [0.15, 0.2) is 6.07 Å². The van der Waals surface area contributed by atoms with E-state index in [1.165, 1.54) is 13.2 Å². The lowest BCUT2D eigenvalue weighted by atomic mass is 9.95. The average molecular weight is 248 g/mol. The molecule has 0 saturated carbocycles. The van der Waals surface area contributed by atoms with Gasteiger partial charge in [0.25, 0.3) is 0 Å². The topological polar surface area (TPSA) is 55.5 Å². The molecule has 0 amide bonds. The van der Waals surface area contributed by atoms with Gasteiger partial charge in [0.05, 0.1) is 12.1 Å². The molecule has 90 valence electrons. The number of methoxy groups -OCH3 is 1. The lowest BCUT2D eigenvalue weighted by Gasteiger charge is -2.20. The number of aromatic hydroxyl groups is 1. The zero-order valence-corrected chi connectivity index (χ0v) is 10.2. The first kappa shape index (κ1) is 13.1. The van der Waals surface area contributed by atoms with E-state index < -0.39 is 11.4 Å². The normalized spacial score (nSPS) is 11.6. The molecule has 0 bridgehead atoms. The van der Waals surface area contributed by atoms with Crippen molar-refractivity contribution in [3.05, 3.63) is 22.5 Å². The number of phenols is 1. The molecule has 1 rings (SSSR count). The van der Waals surface area contributed by atoms with Crippen LogP contribution in [0.4, 0.5) is 4.39 Å². The number of halogens is 2. The molecule has 0 radical (unpaired) electrons.